The molecule has 2 fully saturated rings. The summed E-state index contributed by atoms with van der Waals surface area (Å²) in [5, 5.41) is 2.81. The molecule has 34 heavy (non-hydrogen) atoms. The fraction of sp³-hybridized carbons (Fsp3) is 0.417. The molecule has 2 aliphatic heterocycles. The van der Waals surface area contributed by atoms with E-state index >= 15 is 0 Å². The van der Waals surface area contributed by atoms with E-state index in [0.717, 1.165) is 32.4 Å². The van der Waals surface area contributed by atoms with Crippen molar-refractivity contribution in [3.63, 3.8) is 0 Å². The van der Waals surface area contributed by atoms with Gasteiger partial charge in [-0.2, -0.15) is 4.31 Å². The maximum atomic E-state index is 13.4. The molecule has 0 saturated carbocycles. The maximum absolute atomic E-state index is 13.4. The number of anilines is 2. The van der Waals surface area contributed by atoms with Crippen LogP contribution in [0.25, 0.3) is 0 Å². The largest absolute Gasteiger partial charge is 0.465 e. The molecule has 4 rings (SSSR count). The minimum atomic E-state index is -3.77. The SMILES string of the molecule is COC(=O)c1cccc(NC(=O)c2cc(S(=O)(=O)N3CCOCC3)ccc2N2CCCCC2)c1. The molecule has 2 aromatic rings. The second-order valence-electron chi connectivity index (χ2n) is 8.27. The third-order valence-corrected chi connectivity index (χ3v) is 7.95. The summed E-state index contributed by atoms with van der Waals surface area (Å²) >= 11 is 0. The lowest BCUT2D eigenvalue weighted by molar-refractivity contribution is 0.0600. The van der Waals surface area contributed by atoms with Crippen molar-refractivity contribution >= 4 is 33.3 Å². The summed E-state index contributed by atoms with van der Waals surface area (Å²) in [5.74, 6) is -0.953. The van der Waals surface area contributed by atoms with Gasteiger partial charge in [0.05, 0.1) is 36.3 Å². The summed E-state index contributed by atoms with van der Waals surface area (Å²) in [6.45, 7) is 2.83. The Bertz CT molecular complexity index is 1160. The smallest absolute Gasteiger partial charge is 0.337 e. The van der Waals surface area contributed by atoms with Gasteiger partial charge in [-0.05, 0) is 55.7 Å². The number of nitrogens with zero attached hydrogens (tertiary/aromatic N) is 2. The first-order valence-corrected chi connectivity index (χ1v) is 12.8. The van der Waals surface area contributed by atoms with E-state index in [1.807, 2.05) is 0 Å². The second-order valence-corrected chi connectivity index (χ2v) is 10.2. The van der Waals surface area contributed by atoms with Gasteiger partial charge in [0.15, 0.2) is 0 Å². The van der Waals surface area contributed by atoms with Crippen molar-refractivity contribution in [1.82, 2.24) is 4.31 Å². The standard InChI is InChI=1S/C24H29N3O6S/c1-32-24(29)18-6-5-7-19(16-18)25-23(28)21-17-20(34(30,31)27-12-14-33-15-13-27)8-9-22(21)26-10-3-2-4-11-26/h5-9,16-17H,2-4,10-15H2,1H3,(H,25,28). The normalized spacial score (nSPS) is 17.3. The van der Waals surface area contributed by atoms with Crippen molar-refractivity contribution in [2.24, 2.45) is 0 Å². The Kier molecular flexibility index (Phi) is 7.50. The number of methoxy groups -OCH3 is 1. The predicted molar refractivity (Wildman–Crippen MR) is 128 cm³/mol. The quantitative estimate of drug-likeness (QED) is 0.625. The molecule has 2 aromatic carbocycles. The molecule has 0 spiro atoms. The van der Waals surface area contributed by atoms with Crippen molar-refractivity contribution in [2.75, 3.05) is 56.7 Å². The molecular formula is C24H29N3O6S. The van der Waals surface area contributed by atoms with Crippen LogP contribution in [0.4, 0.5) is 11.4 Å². The van der Waals surface area contributed by atoms with Crippen LogP contribution in [0, 0.1) is 0 Å². The molecule has 2 aliphatic rings. The van der Waals surface area contributed by atoms with Crippen LogP contribution >= 0.6 is 0 Å². The fourth-order valence-electron chi connectivity index (χ4n) is 4.24. The molecule has 0 radical (unpaired) electrons. The van der Waals surface area contributed by atoms with E-state index in [4.69, 9.17) is 9.47 Å². The van der Waals surface area contributed by atoms with Crippen molar-refractivity contribution in [1.29, 1.82) is 0 Å². The molecule has 10 heteroatoms. The molecule has 1 amide bonds. The zero-order valence-electron chi connectivity index (χ0n) is 19.2. The summed E-state index contributed by atoms with van der Waals surface area (Å²) in [4.78, 5) is 27.5. The van der Waals surface area contributed by atoms with Gasteiger partial charge >= 0.3 is 5.97 Å². The molecule has 1 N–H and O–H groups in total. The van der Waals surface area contributed by atoms with Crippen LogP contribution in [-0.2, 0) is 19.5 Å². The lowest BCUT2D eigenvalue weighted by Crippen LogP contribution is -2.40. The van der Waals surface area contributed by atoms with Crippen LogP contribution in [0.5, 0.6) is 0 Å². The molecule has 0 unspecified atom stereocenters. The van der Waals surface area contributed by atoms with Crippen LogP contribution in [0.2, 0.25) is 0 Å². The lowest BCUT2D eigenvalue weighted by Gasteiger charge is -2.31. The van der Waals surface area contributed by atoms with Crippen LogP contribution in [0.1, 0.15) is 40.0 Å². The zero-order valence-corrected chi connectivity index (χ0v) is 20.0. The maximum Gasteiger partial charge on any atom is 0.337 e. The van der Waals surface area contributed by atoms with Crippen LogP contribution in [-0.4, -0.2) is 71.1 Å². The lowest BCUT2D eigenvalue weighted by atomic mass is 10.1. The molecule has 2 saturated heterocycles. The number of amides is 1. The van der Waals surface area contributed by atoms with E-state index in [9.17, 15) is 18.0 Å². The minimum Gasteiger partial charge on any atom is -0.465 e. The zero-order chi connectivity index (χ0) is 24.1. The monoisotopic (exact) mass is 487 g/mol. The van der Waals surface area contributed by atoms with E-state index in [2.05, 4.69) is 10.2 Å². The number of hydrogen-bond acceptors (Lipinski definition) is 7. The molecule has 0 atom stereocenters. The van der Waals surface area contributed by atoms with Crippen LogP contribution < -0.4 is 10.2 Å². The Hall–Kier alpha value is -2.95. The Morgan fingerprint density at radius 3 is 2.41 bits per heavy atom. The summed E-state index contributed by atoms with van der Waals surface area (Å²) in [5.41, 5.74) is 1.70. The van der Waals surface area contributed by atoms with Crippen molar-refractivity contribution < 1.29 is 27.5 Å². The average molecular weight is 488 g/mol. The first-order valence-electron chi connectivity index (χ1n) is 11.4. The van der Waals surface area contributed by atoms with E-state index in [-0.39, 0.29) is 23.5 Å². The number of carbonyl (C=O) groups excluding carboxylic acids is 2. The van der Waals surface area contributed by atoms with E-state index in [1.165, 1.54) is 23.5 Å². The van der Waals surface area contributed by atoms with E-state index < -0.39 is 21.9 Å². The van der Waals surface area contributed by atoms with Crippen LogP contribution in [0.3, 0.4) is 0 Å². The topological polar surface area (TPSA) is 105 Å². The highest BCUT2D eigenvalue weighted by molar-refractivity contribution is 7.89. The number of benzene rings is 2. The Balaban J connectivity index is 1.68. The Morgan fingerprint density at radius 2 is 1.71 bits per heavy atom. The van der Waals surface area contributed by atoms with Gasteiger partial charge < -0.3 is 19.7 Å². The summed E-state index contributed by atoms with van der Waals surface area (Å²) in [6, 6.07) is 11.2. The predicted octanol–water partition coefficient (Wildman–Crippen LogP) is 2.74. The molecule has 9 nitrogen and oxygen atoms in total. The number of nitrogens with one attached hydrogen (secondary N) is 1. The van der Waals surface area contributed by atoms with Crippen molar-refractivity contribution in [3.8, 4) is 0 Å². The highest BCUT2D eigenvalue weighted by atomic mass is 32.2. The van der Waals surface area contributed by atoms with Crippen molar-refractivity contribution in [2.45, 2.75) is 24.2 Å². The average Bonchev–Trinajstić information content (AvgIpc) is 2.89. The number of esters is 1. The van der Waals surface area contributed by atoms with Gasteiger partial charge in [-0.1, -0.05) is 6.07 Å². The van der Waals surface area contributed by atoms with Gasteiger partial charge in [0.25, 0.3) is 5.91 Å². The van der Waals surface area contributed by atoms with Gasteiger partial charge in [0.1, 0.15) is 0 Å². The summed E-state index contributed by atoms with van der Waals surface area (Å²) in [6.07, 6.45) is 3.15. The number of hydrogen-bond donors (Lipinski definition) is 1. The van der Waals surface area contributed by atoms with E-state index in [0.29, 0.717) is 30.2 Å². The van der Waals surface area contributed by atoms with Gasteiger partial charge in [0, 0.05) is 37.6 Å². The Morgan fingerprint density at radius 1 is 0.971 bits per heavy atom. The van der Waals surface area contributed by atoms with Crippen LogP contribution in [0.15, 0.2) is 47.4 Å². The number of ether oxygens (including phenoxy) is 2. The van der Waals surface area contributed by atoms with Crippen molar-refractivity contribution in [3.05, 3.63) is 53.6 Å². The molecular weight excluding hydrogens is 458 g/mol. The summed E-state index contributed by atoms with van der Waals surface area (Å²) < 4.78 is 37.9. The molecule has 0 bridgehead atoms. The highest BCUT2D eigenvalue weighted by Crippen LogP contribution is 2.29. The number of sulfonamides is 1. The number of carbonyl (C=O) groups is 2. The number of morpholine rings is 1. The third-order valence-electron chi connectivity index (χ3n) is 6.06. The number of rotatable bonds is 6. The minimum absolute atomic E-state index is 0.0728. The molecule has 2 heterocycles. The summed E-state index contributed by atoms with van der Waals surface area (Å²) in [7, 11) is -2.48. The molecule has 0 aromatic heterocycles. The highest BCUT2D eigenvalue weighted by Gasteiger charge is 2.29. The van der Waals surface area contributed by atoms with Gasteiger partial charge in [-0.25, -0.2) is 13.2 Å². The van der Waals surface area contributed by atoms with Gasteiger partial charge in [-0.15, -0.1) is 0 Å². The first-order chi connectivity index (χ1) is 16.4. The van der Waals surface area contributed by atoms with E-state index in [1.54, 1.807) is 30.3 Å². The number of piperidine rings is 1. The van der Waals surface area contributed by atoms with Gasteiger partial charge in [-0.3, -0.25) is 4.79 Å². The fourth-order valence-corrected chi connectivity index (χ4v) is 5.68. The third kappa shape index (κ3) is 5.24. The first kappa shape index (κ1) is 24.2. The molecule has 0 aliphatic carbocycles. The van der Waals surface area contributed by atoms with Gasteiger partial charge in [0.2, 0.25) is 10.0 Å². The Labute approximate surface area is 199 Å². The molecule has 182 valence electrons. The second kappa shape index (κ2) is 10.5.